The molecule has 0 bridgehead atoms. The minimum absolute atomic E-state index is 0.473. The molecule has 0 fully saturated rings. The zero-order valence-electron chi connectivity index (χ0n) is 28.7. The minimum Gasteiger partial charge on any atom is -0.456 e. The van der Waals surface area contributed by atoms with Gasteiger partial charge < -0.3 is 9.32 Å². The van der Waals surface area contributed by atoms with Crippen molar-refractivity contribution in [1.82, 2.24) is 0 Å². The Kier molecular flexibility index (Phi) is 6.97. The molecule has 0 aliphatic heterocycles. The first kappa shape index (κ1) is 30.2. The fraction of sp³-hybridized carbons (Fsp3) is 0.0400. The molecule has 8 aromatic rings. The Bertz CT molecular complexity index is 2730. The van der Waals surface area contributed by atoms with Crippen molar-refractivity contribution in [2.45, 2.75) is 11.8 Å². The standard InChI is InChI=1S/C50H35NO/c1-34-15-4-3-13-32-50(44-22-10-7-18-39(34)44)45-23-11-8-19-40(45)42-21-14-24-46(49(42)50)51(37-28-26-36(27-29-37)35-16-5-2-6-17-35)38-30-31-48-43(33-38)41-20-9-12-25-47(41)52-48/h2-31,33H,1,32H2/b13-3-,15-4-. The normalized spacial score (nSPS) is 17.2. The largest absolute Gasteiger partial charge is 0.456 e. The van der Waals surface area contributed by atoms with Crippen molar-refractivity contribution in [2.75, 3.05) is 4.90 Å². The lowest BCUT2D eigenvalue weighted by molar-refractivity contribution is 0.644. The highest BCUT2D eigenvalue weighted by Crippen LogP contribution is 2.60. The van der Waals surface area contributed by atoms with Crippen LogP contribution in [0, 0.1) is 0 Å². The number of fused-ring (bicyclic) bond motifs is 10. The van der Waals surface area contributed by atoms with E-state index < -0.39 is 5.41 Å². The maximum Gasteiger partial charge on any atom is 0.135 e. The van der Waals surface area contributed by atoms with Crippen molar-refractivity contribution in [3.63, 3.8) is 0 Å². The number of benzene rings is 7. The molecule has 2 aliphatic rings. The smallest absolute Gasteiger partial charge is 0.135 e. The van der Waals surface area contributed by atoms with Crippen LogP contribution in [0.5, 0.6) is 0 Å². The topological polar surface area (TPSA) is 16.4 Å². The Labute approximate surface area is 303 Å². The van der Waals surface area contributed by atoms with Gasteiger partial charge in [-0.2, -0.15) is 0 Å². The molecule has 246 valence electrons. The first-order chi connectivity index (χ1) is 25.7. The van der Waals surface area contributed by atoms with Crippen molar-refractivity contribution in [3.8, 4) is 22.3 Å². The van der Waals surface area contributed by atoms with Crippen molar-refractivity contribution in [1.29, 1.82) is 0 Å². The van der Waals surface area contributed by atoms with E-state index in [4.69, 9.17) is 4.42 Å². The lowest BCUT2D eigenvalue weighted by atomic mass is 9.67. The molecule has 1 atom stereocenters. The summed E-state index contributed by atoms with van der Waals surface area (Å²) in [7, 11) is 0. The quantitative estimate of drug-likeness (QED) is 0.186. The van der Waals surface area contributed by atoms with E-state index in [2.05, 4.69) is 187 Å². The lowest BCUT2D eigenvalue weighted by Gasteiger charge is -2.38. The molecule has 2 nitrogen and oxygen atoms in total. The van der Waals surface area contributed by atoms with Gasteiger partial charge in [-0.1, -0.05) is 152 Å². The van der Waals surface area contributed by atoms with Crippen molar-refractivity contribution >= 4 is 44.6 Å². The van der Waals surface area contributed by atoms with Crippen molar-refractivity contribution in [2.24, 2.45) is 0 Å². The molecule has 2 aliphatic carbocycles. The molecule has 1 aromatic heterocycles. The van der Waals surface area contributed by atoms with Gasteiger partial charge >= 0.3 is 0 Å². The molecule has 52 heavy (non-hydrogen) atoms. The molecule has 0 amide bonds. The van der Waals surface area contributed by atoms with E-state index >= 15 is 0 Å². The third kappa shape index (κ3) is 4.58. The molecule has 0 saturated carbocycles. The Morgan fingerprint density at radius 2 is 1.17 bits per heavy atom. The Morgan fingerprint density at radius 3 is 2.02 bits per heavy atom. The van der Waals surface area contributed by atoms with Gasteiger partial charge in [-0.05, 0) is 99.0 Å². The van der Waals surface area contributed by atoms with Crippen LogP contribution in [0.25, 0.3) is 49.8 Å². The van der Waals surface area contributed by atoms with E-state index in [1.165, 1.54) is 44.5 Å². The monoisotopic (exact) mass is 665 g/mol. The van der Waals surface area contributed by atoms with Crippen LogP contribution >= 0.6 is 0 Å². The number of hydrogen-bond donors (Lipinski definition) is 0. The predicted molar refractivity (Wildman–Crippen MR) is 218 cm³/mol. The average Bonchev–Trinajstić information content (AvgIpc) is 3.74. The molecule has 1 heterocycles. The highest BCUT2D eigenvalue weighted by Gasteiger charge is 2.47. The van der Waals surface area contributed by atoms with Gasteiger partial charge in [0.05, 0.1) is 11.1 Å². The summed E-state index contributed by atoms with van der Waals surface area (Å²) in [6, 6.07) is 59.2. The van der Waals surface area contributed by atoms with Crippen LogP contribution in [0.2, 0.25) is 0 Å². The van der Waals surface area contributed by atoms with Gasteiger partial charge in [-0.3, -0.25) is 0 Å². The van der Waals surface area contributed by atoms with Gasteiger partial charge in [-0.15, -0.1) is 0 Å². The van der Waals surface area contributed by atoms with Crippen LogP contribution in [0.15, 0.2) is 199 Å². The van der Waals surface area contributed by atoms with Gasteiger partial charge in [-0.25, -0.2) is 0 Å². The van der Waals surface area contributed by atoms with Crippen LogP contribution in [0.3, 0.4) is 0 Å². The van der Waals surface area contributed by atoms with Crippen LogP contribution < -0.4 is 4.90 Å². The van der Waals surface area contributed by atoms with Gasteiger partial charge in [0.25, 0.3) is 0 Å². The van der Waals surface area contributed by atoms with Gasteiger partial charge in [0.2, 0.25) is 0 Å². The SMILES string of the molecule is C=C1/C=C\C=C/CC2(c3ccccc31)c1ccccc1-c1cccc(N(c3ccc(-c4ccccc4)cc3)c3ccc4oc5ccccc5c4c3)c12. The van der Waals surface area contributed by atoms with Crippen molar-refractivity contribution < 1.29 is 4.42 Å². The summed E-state index contributed by atoms with van der Waals surface area (Å²) >= 11 is 0. The molecular weight excluding hydrogens is 631 g/mol. The average molecular weight is 666 g/mol. The van der Waals surface area contributed by atoms with Gasteiger partial charge in [0.15, 0.2) is 0 Å². The third-order valence-corrected chi connectivity index (χ3v) is 10.9. The number of hydrogen-bond acceptors (Lipinski definition) is 2. The molecule has 1 spiro atoms. The van der Waals surface area contributed by atoms with Crippen LogP contribution in [-0.4, -0.2) is 0 Å². The third-order valence-electron chi connectivity index (χ3n) is 10.9. The molecule has 0 radical (unpaired) electrons. The summed E-state index contributed by atoms with van der Waals surface area (Å²) in [5, 5.41) is 2.21. The molecule has 1 unspecified atom stereocenters. The van der Waals surface area contributed by atoms with Gasteiger partial charge in [0, 0.05) is 22.1 Å². The number of furan rings is 1. The first-order valence-corrected chi connectivity index (χ1v) is 17.9. The summed E-state index contributed by atoms with van der Waals surface area (Å²) in [5.74, 6) is 0. The molecule has 10 rings (SSSR count). The first-order valence-electron chi connectivity index (χ1n) is 17.9. The Morgan fingerprint density at radius 1 is 0.519 bits per heavy atom. The highest BCUT2D eigenvalue weighted by molar-refractivity contribution is 6.07. The second-order valence-corrected chi connectivity index (χ2v) is 13.7. The van der Waals surface area contributed by atoms with E-state index in [0.29, 0.717) is 0 Å². The molecular formula is C50H35NO. The van der Waals surface area contributed by atoms with E-state index in [1.54, 1.807) is 0 Å². The summed E-state index contributed by atoms with van der Waals surface area (Å²) in [5.41, 5.74) is 15.6. The Balaban J connectivity index is 1.28. The zero-order valence-corrected chi connectivity index (χ0v) is 28.7. The number of allylic oxidation sites excluding steroid dienone is 5. The maximum atomic E-state index is 6.32. The highest BCUT2D eigenvalue weighted by atomic mass is 16.3. The predicted octanol–water partition coefficient (Wildman–Crippen LogP) is 13.6. The summed E-state index contributed by atoms with van der Waals surface area (Å²) in [6.45, 7) is 4.56. The van der Waals surface area contributed by atoms with E-state index in [9.17, 15) is 0 Å². The van der Waals surface area contributed by atoms with Gasteiger partial charge in [0.1, 0.15) is 11.2 Å². The molecule has 7 aromatic carbocycles. The number of nitrogens with zero attached hydrogens (tertiary/aromatic N) is 1. The van der Waals surface area contributed by atoms with E-state index in [0.717, 1.165) is 51.0 Å². The summed E-state index contributed by atoms with van der Waals surface area (Å²) in [4.78, 5) is 2.45. The van der Waals surface area contributed by atoms with Crippen LogP contribution in [-0.2, 0) is 5.41 Å². The molecule has 0 N–H and O–H groups in total. The van der Waals surface area contributed by atoms with Crippen LogP contribution in [0.4, 0.5) is 17.1 Å². The number of rotatable bonds is 4. The summed E-state index contributed by atoms with van der Waals surface area (Å²) < 4.78 is 6.32. The zero-order chi connectivity index (χ0) is 34.6. The summed E-state index contributed by atoms with van der Waals surface area (Å²) in [6.07, 6.45) is 9.57. The second kappa shape index (κ2) is 12.0. The fourth-order valence-electron chi connectivity index (χ4n) is 8.66. The molecule has 0 saturated heterocycles. The van der Waals surface area contributed by atoms with Crippen LogP contribution in [0.1, 0.15) is 28.7 Å². The minimum atomic E-state index is -0.473. The van der Waals surface area contributed by atoms with E-state index in [-0.39, 0.29) is 0 Å². The van der Waals surface area contributed by atoms with Crippen molar-refractivity contribution in [3.05, 3.63) is 217 Å². The number of para-hydroxylation sites is 1. The second-order valence-electron chi connectivity index (χ2n) is 13.7. The lowest BCUT2D eigenvalue weighted by Crippen LogP contribution is -2.29. The molecule has 2 heteroatoms. The van der Waals surface area contributed by atoms with E-state index in [1.807, 2.05) is 12.1 Å². The maximum absolute atomic E-state index is 6.32. The number of anilines is 3. The fourth-order valence-corrected chi connectivity index (χ4v) is 8.66. The Hall–Kier alpha value is -6.64.